The van der Waals surface area contributed by atoms with Gasteiger partial charge in [0, 0.05) is 10.2 Å². The summed E-state index contributed by atoms with van der Waals surface area (Å²) in [4.78, 5) is 15.4. The third kappa shape index (κ3) is 2.98. The Bertz CT molecular complexity index is 1180. The number of nitrogens with zero attached hydrogens (tertiary/aromatic N) is 2. The van der Waals surface area contributed by atoms with E-state index in [1.807, 2.05) is 6.07 Å². The van der Waals surface area contributed by atoms with E-state index in [1.165, 1.54) is 30.3 Å². The minimum Gasteiger partial charge on any atom is -0.481 e. The Balaban J connectivity index is 2.43. The third-order valence-electron chi connectivity index (χ3n) is 4.15. The lowest BCUT2D eigenvalue weighted by molar-refractivity contribution is -0.135. The molecule has 8 heteroatoms. The van der Waals surface area contributed by atoms with Crippen LogP contribution in [0.3, 0.4) is 0 Å². The van der Waals surface area contributed by atoms with Gasteiger partial charge >= 0.3 is 5.97 Å². The van der Waals surface area contributed by atoms with Crippen molar-refractivity contribution in [2.45, 2.75) is 29.2 Å². The molecule has 0 aromatic heterocycles. The van der Waals surface area contributed by atoms with Gasteiger partial charge in [-0.15, -0.1) is 0 Å². The van der Waals surface area contributed by atoms with Gasteiger partial charge in [-0.25, -0.2) is 8.42 Å². The number of aliphatic carboxylic acids is 1. The lowest BCUT2D eigenvalue weighted by atomic mass is 10.0. The largest absolute Gasteiger partial charge is 0.481 e. The van der Waals surface area contributed by atoms with E-state index >= 15 is 0 Å². The number of carboxylic acid groups (broad SMARTS) is 1. The zero-order chi connectivity index (χ0) is 19.1. The fourth-order valence-electron chi connectivity index (χ4n) is 2.98. The van der Waals surface area contributed by atoms with E-state index in [-0.39, 0.29) is 27.0 Å². The average molecular weight is 389 g/mol. The van der Waals surface area contributed by atoms with Gasteiger partial charge in [0.1, 0.15) is 6.07 Å². The number of carboxylic acids is 1. The van der Waals surface area contributed by atoms with Crippen molar-refractivity contribution < 1.29 is 18.3 Å². The molecule has 1 heterocycles. The van der Waals surface area contributed by atoms with Gasteiger partial charge in [-0.3, -0.25) is 9.79 Å². The monoisotopic (exact) mass is 388 g/mol. The zero-order valence-corrected chi connectivity index (χ0v) is 15.2. The maximum absolute atomic E-state index is 13.2. The van der Waals surface area contributed by atoms with Crippen molar-refractivity contribution >= 4 is 33.0 Å². The van der Waals surface area contributed by atoms with Crippen LogP contribution in [0.1, 0.15) is 18.9 Å². The quantitative estimate of drug-likeness (QED) is 0.857. The molecule has 0 spiro atoms. The molecule has 1 N–H and O–H groups in total. The summed E-state index contributed by atoms with van der Waals surface area (Å²) < 4.78 is 26.5. The minimum atomic E-state index is -4.07. The summed E-state index contributed by atoms with van der Waals surface area (Å²) in [5.74, 6) is -1.09. The van der Waals surface area contributed by atoms with Crippen molar-refractivity contribution in [2.24, 2.45) is 4.99 Å². The Morgan fingerprint density at radius 2 is 1.92 bits per heavy atom. The second-order valence-electron chi connectivity index (χ2n) is 5.81. The summed E-state index contributed by atoms with van der Waals surface area (Å²) in [6.07, 6.45) is -0.352. The number of nitriles is 1. The molecular formula is C18H13ClN2O4S. The van der Waals surface area contributed by atoms with Gasteiger partial charge in [0.05, 0.1) is 33.2 Å². The van der Waals surface area contributed by atoms with E-state index in [0.29, 0.717) is 16.0 Å². The van der Waals surface area contributed by atoms with Crippen molar-refractivity contribution in [3.8, 4) is 6.07 Å². The lowest BCUT2D eigenvalue weighted by Gasteiger charge is -2.10. The van der Waals surface area contributed by atoms with Crippen LogP contribution in [0.25, 0.3) is 5.57 Å². The summed E-state index contributed by atoms with van der Waals surface area (Å²) >= 11 is 5.83. The molecular weight excluding hydrogens is 376 g/mol. The average Bonchev–Trinajstić information content (AvgIpc) is 2.89. The molecule has 0 fully saturated rings. The zero-order valence-electron chi connectivity index (χ0n) is 13.6. The van der Waals surface area contributed by atoms with Crippen molar-refractivity contribution in [1.29, 1.82) is 5.26 Å². The fraction of sp³-hybridized carbons (Fsp3) is 0.167. The van der Waals surface area contributed by atoms with Crippen LogP contribution in [0, 0.1) is 11.3 Å². The molecule has 0 radical (unpaired) electrons. The van der Waals surface area contributed by atoms with E-state index < -0.39 is 21.8 Å². The normalized spacial score (nSPS) is 15.9. The smallest absolute Gasteiger partial charge is 0.307 e. The van der Waals surface area contributed by atoms with Gasteiger partial charge in [-0.2, -0.15) is 5.26 Å². The second kappa shape index (κ2) is 6.56. The van der Waals surface area contributed by atoms with Crippen LogP contribution in [0.15, 0.2) is 51.2 Å². The van der Waals surface area contributed by atoms with Crippen LogP contribution in [0.4, 0.5) is 0 Å². The van der Waals surface area contributed by atoms with Gasteiger partial charge in [0.25, 0.3) is 0 Å². The molecule has 2 aromatic rings. The number of carbonyl (C=O) groups is 1. The highest BCUT2D eigenvalue weighted by atomic mass is 35.5. The molecule has 0 saturated carbocycles. The van der Waals surface area contributed by atoms with Gasteiger partial charge in [-0.05, 0) is 48.9 Å². The highest BCUT2D eigenvalue weighted by Crippen LogP contribution is 2.24. The summed E-state index contributed by atoms with van der Waals surface area (Å²) in [6.45, 7) is 1.70. The van der Waals surface area contributed by atoms with Crippen molar-refractivity contribution in [3.63, 3.8) is 0 Å². The Hall–Kier alpha value is -2.69. The molecule has 0 bridgehead atoms. The van der Waals surface area contributed by atoms with Crippen molar-refractivity contribution in [3.05, 3.63) is 57.6 Å². The fourth-order valence-corrected chi connectivity index (χ4v) is 4.75. The number of fused-ring (bicyclic) bond motifs is 1. The molecule has 0 saturated heterocycles. The summed E-state index contributed by atoms with van der Waals surface area (Å²) in [5.41, 5.74) is 0.322. The predicted octanol–water partition coefficient (Wildman–Crippen LogP) is 1.69. The Kier molecular flexibility index (Phi) is 4.57. The van der Waals surface area contributed by atoms with Gasteiger partial charge < -0.3 is 5.11 Å². The minimum absolute atomic E-state index is 0.0268. The first-order chi connectivity index (χ1) is 12.3. The van der Waals surface area contributed by atoms with E-state index in [1.54, 1.807) is 13.0 Å². The van der Waals surface area contributed by atoms with Crippen molar-refractivity contribution in [2.75, 3.05) is 0 Å². The van der Waals surface area contributed by atoms with Gasteiger partial charge in [0.2, 0.25) is 9.84 Å². The molecule has 6 nitrogen and oxygen atoms in total. The molecule has 132 valence electrons. The second-order valence-corrected chi connectivity index (χ2v) is 8.13. The number of halogens is 1. The molecule has 0 aliphatic carbocycles. The Labute approximate surface area is 154 Å². The SMILES string of the molecule is CC1N=c2ccc(C#N)c(S(=O)(=O)c3ccc(Cl)cc3)c2=C1CC(=O)O. The van der Waals surface area contributed by atoms with Crippen LogP contribution in [0.5, 0.6) is 0 Å². The predicted molar refractivity (Wildman–Crippen MR) is 94.0 cm³/mol. The molecule has 26 heavy (non-hydrogen) atoms. The van der Waals surface area contributed by atoms with Crippen LogP contribution < -0.4 is 10.6 Å². The number of hydrogen-bond donors (Lipinski definition) is 1. The number of sulfone groups is 1. The highest BCUT2D eigenvalue weighted by Gasteiger charge is 2.29. The first-order valence-electron chi connectivity index (χ1n) is 7.62. The molecule has 3 rings (SSSR count). The van der Waals surface area contributed by atoms with E-state index in [2.05, 4.69) is 4.99 Å². The first kappa shape index (κ1) is 18.1. The maximum Gasteiger partial charge on any atom is 0.307 e. The summed E-state index contributed by atoms with van der Waals surface area (Å²) in [5, 5.41) is 19.6. The highest BCUT2D eigenvalue weighted by molar-refractivity contribution is 7.91. The maximum atomic E-state index is 13.2. The molecule has 2 aromatic carbocycles. The topological polar surface area (TPSA) is 108 Å². The molecule has 0 amide bonds. The van der Waals surface area contributed by atoms with E-state index in [0.717, 1.165) is 0 Å². The van der Waals surface area contributed by atoms with Crippen LogP contribution in [-0.2, 0) is 14.6 Å². The molecule has 1 aliphatic heterocycles. The molecule has 1 atom stereocenters. The first-order valence-corrected chi connectivity index (χ1v) is 9.48. The lowest BCUT2D eigenvalue weighted by Crippen LogP contribution is -2.31. The number of hydrogen-bond acceptors (Lipinski definition) is 5. The summed E-state index contributed by atoms with van der Waals surface area (Å²) in [7, 11) is -4.07. The Morgan fingerprint density at radius 3 is 2.50 bits per heavy atom. The number of benzene rings is 2. The third-order valence-corrected chi connectivity index (χ3v) is 6.25. The Morgan fingerprint density at radius 1 is 1.27 bits per heavy atom. The van der Waals surface area contributed by atoms with E-state index in [9.17, 15) is 23.6 Å². The van der Waals surface area contributed by atoms with E-state index in [4.69, 9.17) is 11.6 Å². The van der Waals surface area contributed by atoms with Crippen LogP contribution in [-0.4, -0.2) is 25.5 Å². The number of rotatable bonds is 4. The van der Waals surface area contributed by atoms with Gasteiger partial charge in [-0.1, -0.05) is 11.6 Å². The van der Waals surface area contributed by atoms with Crippen molar-refractivity contribution in [1.82, 2.24) is 0 Å². The van der Waals surface area contributed by atoms with Gasteiger partial charge in [0.15, 0.2) is 0 Å². The molecule has 1 aliphatic rings. The standard InChI is InChI=1S/C18H13ClN2O4S/c1-10-14(8-16(22)23)17-15(21-10)7-2-11(9-20)18(17)26(24,25)13-5-3-12(19)4-6-13/h2-7,10H,8H2,1H3,(H,22,23). The van der Waals surface area contributed by atoms with Crippen LogP contribution in [0.2, 0.25) is 5.02 Å². The van der Waals surface area contributed by atoms with Crippen LogP contribution >= 0.6 is 11.6 Å². The molecule has 1 unspecified atom stereocenters. The summed E-state index contributed by atoms with van der Waals surface area (Å²) in [6, 6.07) is 9.94.